The number of aliphatic hydroxyl groups excluding tert-OH is 1. The van der Waals surface area contributed by atoms with Crippen molar-refractivity contribution in [3.8, 4) is 0 Å². The Labute approximate surface area is 188 Å². The van der Waals surface area contributed by atoms with E-state index in [1.807, 2.05) is 13.1 Å². The molecule has 0 amide bonds. The molecule has 5 nitrogen and oxygen atoms in total. The molecule has 0 atom stereocenters. The predicted molar refractivity (Wildman–Crippen MR) is 129 cm³/mol. The molecule has 5 heteroatoms. The maximum atomic E-state index is 11.2. The lowest BCUT2D eigenvalue weighted by Gasteiger charge is -2.10. The van der Waals surface area contributed by atoms with E-state index in [0.29, 0.717) is 31.6 Å². The van der Waals surface area contributed by atoms with E-state index in [9.17, 15) is 14.7 Å². The lowest BCUT2D eigenvalue weighted by Crippen LogP contribution is -2.10. The van der Waals surface area contributed by atoms with E-state index < -0.39 is 0 Å². The van der Waals surface area contributed by atoms with Gasteiger partial charge in [-0.15, -0.1) is 0 Å². The maximum absolute atomic E-state index is 11.2. The second-order valence-electron chi connectivity index (χ2n) is 7.13. The number of allylic oxidation sites excluding steroid dienone is 10. The zero-order chi connectivity index (χ0) is 23.5. The van der Waals surface area contributed by atoms with Crippen LogP contribution in [0.15, 0.2) is 71.1 Å². The van der Waals surface area contributed by atoms with Gasteiger partial charge in [0.25, 0.3) is 0 Å². The highest BCUT2D eigenvalue weighted by Gasteiger charge is 2.10. The molecule has 0 saturated carbocycles. The second-order valence-corrected chi connectivity index (χ2v) is 7.13. The molecule has 2 aliphatic carbocycles. The first-order valence-corrected chi connectivity index (χ1v) is 10.9. The maximum Gasteiger partial charge on any atom is 0.305 e. The molecular formula is C26H39NO4. The number of rotatable bonds is 7. The van der Waals surface area contributed by atoms with Gasteiger partial charge in [0.05, 0.1) is 6.61 Å². The minimum Gasteiger partial charge on any atom is -0.508 e. The van der Waals surface area contributed by atoms with E-state index in [4.69, 9.17) is 0 Å². The standard InChI is InChI=1S/C13H19NO2.C8H10.C5H10O2/c1-10(15)8-11-4-3-5-13(16)9-12(11)6-7-14-2;1-8-6-4-2-3-5-7-8;1-3-5(6)7-4-2/h4-5,9,14,16H,3,6-8H2,1-2H3;2,4-7H,3H2,1H3;3-4H2,1-2H3. The van der Waals surface area contributed by atoms with Crippen molar-refractivity contribution in [2.75, 3.05) is 20.2 Å². The molecule has 0 radical (unpaired) electrons. The molecule has 0 aromatic rings. The molecule has 0 spiro atoms. The van der Waals surface area contributed by atoms with Crippen molar-refractivity contribution < 1.29 is 19.4 Å². The molecule has 172 valence electrons. The highest BCUT2D eigenvalue weighted by Crippen LogP contribution is 2.23. The summed E-state index contributed by atoms with van der Waals surface area (Å²) in [5.74, 6) is 0.325. The summed E-state index contributed by atoms with van der Waals surface area (Å²) in [5, 5.41) is 12.6. The highest BCUT2D eigenvalue weighted by molar-refractivity contribution is 5.79. The number of Topliss-reactive ketones (excluding diaryl/α,β-unsaturated/α-hetero) is 1. The van der Waals surface area contributed by atoms with Gasteiger partial charge >= 0.3 is 5.97 Å². The van der Waals surface area contributed by atoms with E-state index in [1.54, 1.807) is 32.9 Å². The molecule has 2 aliphatic rings. The van der Waals surface area contributed by atoms with Crippen molar-refractivity contribution in [1.29, 1.82) is 0 Å². The van der Waals surface area contributed by atoms with Crippen LogP contribution in [0.5, 0.6) is 0 Å². The van der Waals surface area contributed by atoms with Crippen LogP contribution in [0.3, 0.4) is 0 Å². The van der Waals surface area contributed by atoms with E-state index >= 15 is 0 Å². The van der Waals surface area contributed by atoms with Crippen molar-refractivity contribution in [1.82, 2.24) is 5.32 Å². The lowest BCUT2D eigenvalue weighted by atomic mass is 9.97. The number of carbonyl (C=O) groups is 2. The predicted octanol–water partition coefficient (Wildman–Crippen LogP) is 5.68. The largest absolute Gasteiger partial charge is 0.508 e. The van der Waals surface area contributed by atoms with E-state index in [0.717, 1.165) is 30.5 Å². The summed E-state index contributed by atoms with van der Waals surface area (Å²) in [6.45, 7) is 8.60. The Bertz CT molecular complexity index is 737. The second kappa shape index (κ2) is 18.1. The first-order valence-electron chi connectivity index (χ1n) is 10.9. The average Bonchev–Trinajstić information content (AvgIpc) is 3.07. The molecule has 0 unspecified atom stereocenters. The fourth-order valence-corrected chi connectivity index (χ4v) is 2.68. The number of ketones is 1. The molecule has 31 heavy (non-hydrogen) atoms. The summed E-state index contributed by atoms with van der Waals surface area (Å²) >= 11 is 0. The van der Waals surface area contributed by atoms with Gasteiger partial charge in [0.2, 0.25) is 0 Å². The molecule has 2 N–H and O–H groups in total. The molecule has 0 aliphatic heterocycles. The zero-order valence-corrected chi connectivity index (χ0v) is 19.7. The van der Waals surface area contributed by atoms with Crippen LogP contribution in [0, 0.1) is 0 Å². The van der Waals surface area contributed by atoms with Gasteiger partial charge in [0.15, 0.2) is 0 Å². The van der Waals surface area contributed by atoms with Gasteiger partial charge in [-0.2, -0.15) is 0 Å². The summed E-state index contributed by atoms with van der Waals surface area (Å²) in [6.07, 6.45) is 19.7. The Kier molecular flexibility index (Phi) is 16.6. The Morgan fingerprint density at radius 2 is 1.87 bits per heavy atom. The van der Waals surface area contributed by atoms with E-state index in [1.165, 1.54) is 5.57 Å². The minimum atomic E-state index is -0.123. The molecular weight excluding hydrogens is 390 g/mol. The summed E-state index contributed by atoms with van der Waals surface area (Å²) in [4.78, 5) is 21.4. The van der Waals surface area contributed by atoms with Gasteiger partial charge in [-0.05, 0) is 76.9 Å². The van der Waals surface area contributed by atoms with Crippen molar-refractivity contribution in [3.05, 3.63) is 71.1 Å². The number of esters is 1. The number of nitrogens with one attached hydrogen (secondary N) is 1. The topological polar surface area (TPSA) is 75.6 Å². The number of hydrogen-bond donors (Lipinski definition) is 2. The van der Waals surface area contributed by atoms with Crippen LogP contribution in [0.25, 0.3) is 0 Å². The van der Waals surface area contributed by atoms with Gasteiger partial charge in [-0.3, -0.25) is 9.59 Å². The van der Waals surface area contributed by atoms with Crippen LogP contribution < -0.4 is 5.32 Å². The Balaban J connectivity index is 0.000000499. The third kappa shape index (κ3) is 15.8. The van der Waals surface area contributed by atoms with Crippen LogP contribution in [0.1, 0.15) is 59.8 Å². The first-order chi connectivity index (χ1) is 14.8. The highest BCUT2D eigenvalue weighted by atomic mass is 16.5. The quantitative estimate of drug-likeness (QED) is 0.509. The Morgan fingerprint density at radius 3 is 2.45 bits per heavy atom. The number of aliphatic hydroxyl groups is 1. The fraction of sp³-hybridized carbons (Fsp3) is 0.462. The molecule has 0 fully saturated rings. The van der Waals surface area contributed by atoms with Crippen LogP contribution in [-0.4, -0.2) is 37.1 Å². The molecule has 0 saturated heterocycles. The smallest absolute Gasteiger partial charge is 0.305 e. The first kappa shape index (κ1) is 28.3. The number of ether oxygens (including phenoxy) is 1. The zero-order valence-electron chi connectivity index (χ0n) is 19.7. The van der Waals surface area contributed by atoms with E-state index in [-0.39, 0.29) is 11.8 Å². The number of hydrogen-bond acceptors (Lipinski definition) is 5. The third-order valence-corrected chi connectivity index (χ3v) is 4.25. The van der Waals surface area contributed by atoms with Gasteiger partial charge in [-0.1, -0.05) is 49.0 Å². The SMILES string of the molecule is CC1=CC=CCC=C1.CCOC(=O)CC.CNCCC1=CC(O)=CCC=C1CC(C)=O. The Hall–Kier alpha value is -2.66. The average molecular weight is 430 g/mol. The third-order valence-electron chi connectivity index (χ3n) is 4.25. The van der Waals surface area contributed by atoms with Gasteiger partial charge < -0.3 is 15.2 Å². The number of carbonyl (C=O) groups excluding carboxylic acids is 2. The summed E-state index contributed by atoms with van der Waals surface area (Å²) < 4.78 is 4.55. The minimum absolute atomic E-state index is 0.123. The van der Waals surface area contributed by atoms with Crippen LogP contribution in [-0.2, 0) is 14.3 Å². The van der Waals surface area contributed by atoms with Crippen molar-refractivity contribution >= 4 is 11.8 Å². The summed E-state index contributed by atoms with van der Waals surface area (Å²) in [6, 6.07) is 0. The van der Waals surface area contributed by atoms with Gasteiger partial charge in [0, 0.05) is 12.8 Å². The molecule has 0 heterocycles. The fourth-order valence-electron chi connectivity index (χ4n) is 2.68. The van der Waals surface area contributed by atoms with Crippen LogP contribution in [0.2, 0.25) is 0 Å². The molecule has 0 aromatic carbocycles. The van der Waals surface area contributed by atoms with Crippen LogP contribution in [0.4, 0.5) is 0 Å². The molecule has 0 bridgehead atoms. The summed E-state index contributed by atoms with van der Waals surface area (Å²) in [7, 11) is 1.89. The van der Waals surface area contributed by atoms with Gasteiger partial charge in [0.1, 0.15) is 11.5 Å². The van der Waals surface area contributed by atoms with Gasteiger partial charge in [-0.25, -0.2) is 0 Å². The normalized spacial score (nSPS) is 14.7. The van der Waals surface area contributed by atoms with Crippen LogP contribution >= 0.6 is 0 Å². The molecule has 2 rings (SSSR count). The summed E-state index contributed by atoms with van der Waals surface area (Å²) in [5.41, 5.74) is 3.43. The van der Waals surface area contributed by atoms with Crippen molar-refractivity contribution in [2.24, 2.45) is 0 Å². The monoisotopic (exact) mass is 429 g/mol. The van der Waals surface area contributed by atoms with E-state index in [2.05, 4.69) is 47.4 Å². The van der Waals surface area contributed by atoms with Crippen molar-refractivity contribution in [3.63, 3.8) is 0 Å². The Morgan fingerprint density at radius 1 is 1.13 bits per heavy atom. The molecule has 0 aromatic heterocycles. The van der Waals surface area contributed by atoms with Crippen molar-refractivity contribution in [2.45, 2.75) is 59.8 Å². The lowest BCUT2D eigenvalue weighted by molar-refractivity contribution is -0.142.